The molecule has 2 amide bonds. The first kappa shape index (κ1) is 19.6. The Morgan fingerprint density at radius 1 is 1.37 bits per heavy atom. The molecule has 1 heterocycles. The molecule has 1 unspecified atom stereocenters. The van der Waals surface area contributed by atoms with Gasteiger partial charge in [0.05, 0.1) is 22.8 Å². The summed E-state index contributed by atoms with van der Waals surface area (Å²) >= 11 is 1.61. The number of nitrogens with one attached hydrogen (secondary N) is 1. The van der Waals surface area contributed by atoms with Crippen LogP contribution in [0.3, 0.4) is 0 Å². The number of fused-ring (bicyclic) bond motifs is 1. The fourth-order valence-electron chi connectivity index (χ4n) is 3.36. The number of hydrogen-bond donors (Lipinski definition) is 2. The van der Waals surface area contributed by atoms with E-state index in [1.807, 2.05) is 43.0 Å². The summed E-state index contributed by atoms with van der Waals surface area (Å²) in [6.07, 6.45) is 1.58. The highest BCUT2D eigenvalue weighted by molar-refractivity contribution is 7.18. The van der Waals surface area contributed by atoms with Gasteiger partial charge in [-0.25, -0.2) is 9.78 Å². The van der Waals surface area contributed by atoms with Gasteiger partial charge in [-0.05, 0) is 38.4 Å². The van der Waals surface area contributed by atoms with Gasteiger partial charge in [0.25, 0.3) is 0 Å². The summed E-state index contributed by atoms with van der Waals surface area (Å²) < 4.78 is 1.12. The minimum absolute atomic E-state index is 0.0520. The van der Waals surface area contributed by atoms with Crippen molar-refractivity contribution >= 4 is 33.6 Å². The molecule has 1 aromatic heterocycles. The standard InChI is InChI=1S/C19H26N4O3S/c1-4-23(11-17(24)25)14-9-13(10-14)20-19(26)22(3)12(2)18-21-15-7-5-6-8-16(15)27-18/h5-8,12-14H,4,9-11H2,1-3H3,(H,20,26)(H,24,25). The van der Waals surface area contributed by atoms with Crippen LogP contribution in [0.5, 0.6) is 0 Å². The van der Waals surface area contributed by atoms with Crippen molar-refractivity contribution in [1.82, 2.24) is 20.1 Å². The average molecular weight is 391 g/mol. The zero-order chi connectivity index (χ0) is 19.6. The minimum atomic E-state index is -0.811. The molecule has 0 saturated heterocycles. The van der Waals surface area contributed by atoms with Gasteiger partial charge >= 0.3 is 12.0 Å². The summed E-state index contributed by atoms with van der Waals surface area (Å²) in [5.74, 6) is -0.811. The van der Waals surface area contributed by atoms with E-state index in [-0.39, 0.29) is 30.7 Å². The molecule has 1 fully saturated rings. The van der Waals surface area contributed by atoms with E-state index in [4.69, 9.17) is 5.11 Å². The topological polar surface area (TPSA) is 85.8 Å². The molecule has 3 rings (SSSR count). The number of hydrogen-bond acceptors (Lipinski definition) is 5. The van der Waals surface area contributed by atoms with Gasteiger partial charge in [0.1, 0.15) is 5.01 Å². The van der Waals surface area contributed by atoms with Crippen molar-refractivity contribution in [3.05, 3.63) is 29.3 Å². The van der Waals surface area contributed by atoms with Crippen LogP contribution in [0, 0.1) is 0 Å². The lowest BCUT2D eigenvalue weighted by Crippen LogP contribution is -2.56. The fraction of sp³-hybridized carbons (Fsp3) is 0.526. The lowest BCUT2D eigenvalue weighted by molar-refractivity contribution is -0.139. The molecule has 0 spiro atoms. The van der Waals surface area contributed by atoms with Crippen LogP contribution in [0.15, 0.2) is 24.3 Å². The molecule has 1 saturated carbocycles. The number of aliphatic carboxylic acids is 1. The van der Waals surface area contributed by atoms with Gasteiger partial charge in [-0.15, -0.1) is 11.3 Å². The molecule has 7 nitrogen and oxygen atoms in total. The first-order valence-electron chi connectivity index (χ1n) is 9.23. The van der Waals surface area contributed by atoms with Crippen LogP contribution in [-0.4, -0.2) is 64.1 Å². The number of urea groups is 1. The second kappa shape index (κ2) is 8.22. The highest BCUT2D eigenvalue weighted by Gasteiger charge is 2.35. The number of carboxylic acid groups (broad SMARTS) is 1. The van der Waals surface area contributed by atoms with Gasteiger partial charge < -0.3 is 15.3 Å². The lowest BCUT2D eigenvalue weighted by Gasteiger charge is -2.42. The van der Waals surface area contributed by atoms with Crippen molar-refractivity contribution in [3.8, 4) is 0 Å². The summed E-state index contributed by atoms with van der Waals surface area (Å²) in [6.45, 7) is 4.69. The number of likely N-dealkylation sites (N-methyl/N-ethyl adjacent to an activating group) is 1. The van der Waals surface area contributed by atoms with Gasteiger partial charge in [0.15, 0.2) is 0 Å². The summed E-state index contributed by atoms with van der Waals surface area (Å²) in [4.78, 5) is 31.8. The third-order valence-electron chi connectivity index (χ3n) is 5.27. The second-order valence-corrected chi connectivity index (χ2v) is 8.10. The normalized spacial score (nSPS) is 20.3. The monoisotopic (exact) mass is 390 g/mol. The third kappa shape index (κ3) is 4.39. The van der Waals surface area contributed by atoms with Crippen LogP contribution in [0.2, 0.25) is 0 Å². The number of nitrogens with zero attached hydrogens (tertiary/aromatic N) is 3. The maximum Gasteiger partial charge on any atom is 0.317 e. The molecule has 8 heteroatoms. The van der Waals surface area contributed by atoms with E-state index in [1.165, 1.54) is 0 Å². The van der Waals surface area contributed by atoms with Gasteiger partial charge in [-0.1, -0.05) is 19.1 Å². The smallest absolute Gasteiger partial charge is 0.317 e. The van der Waals surface area contributed by atoms with E-state index >= 15 is 0 Å². The zero-order valence-electron chi connectivity index (χ0n) is 15.9. The first-order chi connectivity index (χ1) is 12.9. The largest absolute Gasteiger partial charge is 0.480 e. The number of carboxylic acids is 1. The molecular weight excluding hydrogens is 364 g/mol. The molecule has 27 heavy (non-hydrogen) atoms. The van der Waals surface area contributed by atoms with E-state index in [9.17, 15) is 9.59 Å². The number of para-hydroxylation sites is 1. The molecule has 1 atom stereocenters. The average Bonchev–Trinajstić information content (AvgIpc) is 3.05. The van der Waals surface area contributed by atoms with Crippen LogP contribution in [0.4, 0.5) is 4.79 Å². The number of rotatable bonds is 7. The number of amides is 2. The van der Waals surface area contributed by atoms with Crippen LogP contribution in [0.25, 0.3) is 10.2 Å². The highest BCUT2D eigenvalue weighted by Crippen LogP contribution is 2.30. The molecule has 0 bridgehead atoms. The number of aromatic nitrogens is 1. The Bertz CT molecular complexity index is 785. The van der Waals surface area contributed by atoms with Crippen LogP contribution in [-0.2, 0) is 4.79 Å². The van der Waals surface area contributed by atoms with E-state index in [0.29, 0.717) is 6.54 Å². The molecule has 1 aliphatic carbocycles. The van der Waals surface area contributed by atoms with Crippen LogP contribution in [0.1, 0.15) is 37.7 Å². The molecule has 0 radical (unpaired) electrons. The maximum absolute atomic E-state index is 12.6. The predicted octanol–water partition coefficient (Wildman–Crippen LogP) is 2.94. The number of carbonyl (C=O) groups excluding carboxylic acids is 1. The van der Waals surface area contributed by atoms with Gasteiger partial charge in [-0.3, -0.25) is 9.69 Å². The summed E-state index contributed by atoms with van der Waals surface area (Å²) in [7, 11) is 1.78. The molecule has 146 valence electrons. The summed E-state index contributed by atoms with van der Waals surface area (Å²) in [5, 5.41) is 12.9. The molecular formula is C19H26N4O3S. The van der Waals surface area contributed by atoms with Gasteiger partial charge in [0, 0.05) is 19.1 Å². The Kier molecular flexibility index (Phi) is 5.96. The van der Waals surface area contributed by atoms with Crippen LogP contribution < -0.4 is 5.32 Å². The van der Waals surface area contributed by atoms with Crippen molar-refractivity contribution in [2.75, 3.05) is 20.1 Å². The van der Waals surface area contributed by atoms with Crippen molar-refractivity contribution in [1.29, 1.82) is 0 Å². The Balaban J connectivity index is 1.53. The van der Waals surface area contributed by atoms with Crippen LogP contribution >= 0.6 is 11.3 Å². The predicted molar refractivity (Wildman–Crippen MR) is 106 cm³/mol. The van der Waals surface area contributed by atoms with Crippen molar-refractivity contribution in [2.24, 2.45) is 0 Å². The van der Waals surface area contributed by atoms with E-state index < -0.39 is 5.97 Å². The van der Waals surface area contributed by atoms with E-state index in [2.05, 4.69) is 10.3 Å². The first-order valence-corrected chi connectivity index (χ1v) is 10.0. The highest BCUT2D eigenvalue weighted by atomic mass is 32.1. The molecule has 0 aliphatic heterocycles. The van der Waals surface area contributed by atoms with Gasteiger partial charge in [-0.2, -0.15) is 0 Å². The zero-order valence-corrected chi connectivity index (χ0v) is 16.7. The second-order valence-electron chi connectivity index (χ2n) is 7.04. The minimum Gasteiger partial charge on any atom is -0.480 e. The molecule has 2 N–H and O–H groups in total. The van der Waals surface area contributed by atoms with Gasteiger partial charge in [0.2, 0.25) is 0 Å². The lowest BCUT2D eigenvalue weighted by atomic mass is 9.85. The number of carbonyl (C=O) groups is 2. The van der Waals surface area contributed by atoms with E-state index in [1.54, 1.807) is 23.3 Å². The Hall–Kier alpha value is -2.19. The Morgan fingerprint density at radius 2 is 2.07 bits per heavy atom. The number of benzene rings is 1. The fourth-order valence-corrected chi connectivity index (χ4v) is 4.43. The molecule has 1 aromatic carbocycles. The SMILES string of the molecule is CCN(CC(=O)O)C1CC(NC(=O)N(C)C(C)c2nc3ccccc3s2)C1. The number of thiazole rings is 1. The maximum atomic E-state index is 12.6. The summed E-state index contributed by atoms with van der Waals surface area (Å²) in [5.41, 5.74) is 0.957. The third-order valence-corrected chi connectivity index (χ3v) is 6.48. The van der Waals surface area contributed by atoms with E-state index in [0.717, 1.165) is 28.1 Å². The molecule has 1 aliphatic rings. The molecule has 2 aromatic rings. The van der Waals surface area contributed by atoms with Crippen molar-refractivity contribution in [2.45, 2.75) is 44.8 Å². The quantitative estimate of drug-likeness (QED) is 0.759. The van der Waals surface area contributed by atoms with Crippen molar-refractivity contribution < 1.29 is 14.7 Å². The Labute approximate surface area is 163 Å². The van der Waals surface area contributed by atoms with Crippen molar-refractivity contribution in [3.63, 3.8) is 0 Å². The summed E-state index contributed by atoms with van der Waals surface area (Å²) in [6, 6.07) is 8.05. The Morgan fingerprint density at radius 3 is 2.70 bits per heavy atom.